The van der Waals surface area contributed by atoms with Crippen LogP contribution in [0.3, 0.4) is 0 Å². The molecule has 2 nitrogen and oxygen atoms in total. The van der Waals surface area contributed by atoms with Gasteiger partial charge in [-0.25, -0.2) is 0 Å². The lowest BCUT2D eigenvalue weighted by molar-refractivity contribution is 1.36. The predicted molar refractivity (Wildman–Crippen MR) is 135 cm³/mol. The summed E-state index contributed by atoms with van der Waals surface area (Å²) in [4.78, 5) is 9.44. The normalized spacial score (nSPS) is 10.1. The number of pyridine rings is 2. The zero-order valence-corrected chi connectivity index (χ0v) is 19.1. The van der Waals surface area contributed by atoms with Gasteiger partial charge in [-0.3, -0.25) is 9.97 Å². The van der Waals surface area contributed by atoms with Gasteiger partial charge in [0.25, 0.3) is 0 Å². The Bertz CT molecular complexity index is 1260. The number of rotatable bonds is 2. The molecule has 0 atom stereocenters. The molecule has 3 aromatic carbocycles. The third-order valence-corrected chi connectivity index (χ3v) is 5.09. The second-order valence-corrected chi connectivity index (χ2v) is 6.76. The molecule has 5 aromatic rings. The molecule has 0 unspecified atom stereocenters. The van der Waals surface area contributed by atoms with Crippen LogP contribution in [0, 0.1) is 6.92 Å². The molecular weight excluding hydrogens is 376 g/mol. The second-order valence-electron chi connectivity index (χ2n) is 6.76. The monoisotopic (exact) mass is 406 g/mol. The molecule has 0 aliphatic carbocycles. The van der Waals surface area contributed by atoms with Crippen molar-refractivity contribution in [1.82, 2.24) is 9.97 Å². The minimum absolute atomic E-state index is 0.953. The van der Waals surface area contributed by atoms with E-state index in [1.54, 1.807) is 0 Å². The highest BCUT2D eigenvalue weighted by molar-refractivity contribution is 6.13. The first-order valence-electron chi connectivity index (χ1n) is 11.1. The Labute approximate surface area is 185 Å². The topological polar surface area (TPSA) is 25.8 Å². The molecule has 0 radical (unpaired) electrons. The third kappa shape index (κ3) is 4.34. The van der Waals surface area contributed by atoms with Crippen LogP contribution in [0.2, 0.25) is 0 Å². The lowest BCUT2D eigenvalue weighted by Crippen LogP contribution is -1.93. The molecule has 0 aliphatic heterocycles. The van der Waals surface area contributed by atoms with E-state index >= 15 is 0 Å². The molecule has 0 amide bonds. The lowest BCUT2D eigenvalue weighted by atomic mass is 9.93. The van der Waals surface area contributed by atoms with Crippen LogP contribution in [0.15, 0.2) is 91.3 Å². The summed E-state index contributed by atoms with van der Waals surface area (Å²) >= 11 is 0. The summed E-state index contributed by atoms with van der Waals surface area (Å²) in [6.45, 7) is 10.2. The van der Waals surface area contributed by atoms with Gasteiger partial charge in [0.2, 0.25) is 0 Å². The minimum Gasteiger partial charge on any atom is -0.254 e. The molecule has 5 rings (SSSR count). The molecule has 0 fully saturated rings. The summed E-state index contributed by atoms with van der Waals surface area (Å²) in [7, 11) is 0. The summed E-state index contributed by atoms with van der Waals surface area (Å²) in [5.74, 6) is 0. The Morgan fingerprint density at radius 3 is 1.61 bits per heavy atom. The van der Waals surface area contributed by atoms with E-state index in [4.69, 9.17) is 9.97 Å². The van der Waals surface area contributed by atoms with E-state index in [2.05, 4.69) is 73.7 Å². The Balaban J connectivity index is 0.000000645. The van der Waals surface area contributed by atoms with Gasteiger partial charge in [-0.1, -0.05) is 88.4 Å². The molecule has 0 spiro atoms. The fourth-order valence-corrected chi connectivity index (χ4v) is 3.86. The van der Waals surface area contributed by atoms with Crippen molar-refractivity contribution in [2.75, 3.05) is 0 Å². The van der Waals surface area contributed by atoms with Crippen LogP contribution >= 0.6 is 0 Å². The first-order chi connectivity index (χ1) is 15.3. The molecule has 0 bridgehead atoms. The van der Waals surface area contributed by atoms with Crippen molar-refractivity contribution in [2.24, 2.45) is 0 Å². The molecule has 0 aliphatic rings. The molecule has 0 saturated carbocycles. The van der Waals surface area contributed by atoms with Gasteiger partial charge < -0.3 is 0 Å². The predicted octanol–water partition coefficient (Wildman–Crippen LogP) is 8.48. The van der Waals surface area contributed by atoms with Gasteiger partial charge in [-0.2, -0.15) is 0 Å². The van der Waals surface area contributed by atoms with Crippen LogP contribution in [0.4, 0.5) is 0 Å². The first-order valence-corrected chi connectivity index (χ1v) is 11.1. The van der Waals surface area contributed by atoms with E-state index in [9.17, 15) is 0 Å². The van der Waals surface area contributed by atoms with Gasteiger partial charge in [0, 0.05) is 23.2 Å². The molecule has 31 heavy (non-hydrogen) atoms. The lowest BCUT2D eigenvalue weighted by Gasteiger charge is -2.13. The number of hydrogen-bond acceptors (Lipinski definition) is 2. The third-order valence-electron chi connectivity index (χ3n) is 5.09. The quantitative estimate of drug-likeness (QED) is 0.275. The van der Waals surface area contributed by atoms with Gasteiger partial charge in [0.15, 0.2) is 0 Å². The van der Waals surface area contributed by atoms with Crippen molar-refractivity contribution >= 4 is 21.8 Å². The summed E-state index contributed by atoms with van der Waals surface area (Å²) in [5, 5.41) is 2.32. The Morgan fingerprint density at radius 1 is 0.548 bits per heavy atom. The van der Waals surface area contributed by atoms with Gasteiger partial charge in [0.1, 0.15) is 0 Å². The van der Waals surface area contributed by atoms with E-state index < -0.39 is 0 Å². The first kappa shape index (κ1) is 22.2. The number of fused-ring (bicyclic) bond motifs is 3. The molecule has 2 heterocycles. The standard InChI is InChI=1S/C25H18N2.2C2H6/c1-17-16-22-20(18-8-4-2-5-9-18)12-14-26-24(22)25-23(17)21(13-15-27-25)19-10-6-3-7-11-19;2*1-2/h2-16H,1H3;2*1-2H3. The maximum absolute atomic E-state index is 4.73. The summed E-state index contributed by atoms with van der Waals surface area (Å²) in [6, 6.07) is 27.4. The highest BCUT2D eigenvalue weighted by Gasteiger charge is 2.14. The fraction of sp³-hybridized carbons (Fsp3) is 0.172. The van der Waals surface area contributed by atoms with Crippen LogP contribution < -0.4 is 0 Å². The average molecular weight is 407 g/mol. The van der Waals surface area contributed by atoms with Crippen molar-refractivity contribution in [1.29, 1.82) is 0 Å². The van der Waals surface area contributed by atoms with Crippen LogP contribution in [0.25, 0.3) is 44.1 Å². The number of nitrogens with zero attached hydrogens (tertiary/aromatic N) is 2. The largest absolute Gasteiger partial charge is 0.254 e. The minimum atomic E-state index is 0.953. The zero-order chi connectivity index (χ0) is 22.2. The highest BCUT2D eigenvalue weighted by Crippen LogP contribution is 2.36. The highest BCUT2D eigenvalue weighted by atomic mass is 14.7. The molecule has 0 saturated heterocycles. The second kappa shape index (κ2) is 10.5. The smallest absolute Gasteiger partial charge is 0.0973 e. The Morgan fingerprint density at radius 2 is 1.03 bits per heavy atom. The van der Waals surface area contributed by atoms with Gasteiger partial charge in [-0.15, -0.1) is 0 Å². The maximum Gasteiger partial charge on any atom is 0.0973 e. The van der Waals surface area contributed by atoms with Crippen molar-refractivity contribution in [3.63, 3.8) is 0 Å². The molecule has 0 N–H and O–H groups in total. The summed E-state index contributed by atoms with van der Waals surface area (Å²) in [5.41, 5.74) is 7.92. The van der Waals surface area contributed by atoms with Crippen molar-refractivity contribution in [3.05, 3.63) is 96.8 Å². The van der Waals surface area contributed by atoms with Crippen LogP contribution in [-0.4, -0.2) is 9.97 Å². The van der Waals surface area contributed by atoms with E-state index in [1.807, 2.05) is 52.2 Å². The zero-order valence-electron chi connectivity index (χ0n) is 19.1. The number of aryl methyl sites for hydroxylation is 1. The Hall–Kier alpha value is -3.52. The number of hydrogen-bond donors (Lipinski definition) is 0. The van der Waals surface area contributed by atoms with Gasteiger partial charge in [-0.05, 0) is 52.9 Å². The molecule has 156 valence electrons. The summed E-state index contributed by atoms with van der Waals surface area (Å²) in [6.07, 6.45) is 3.77. The number of benzene rings is 3. The van der Waals surface area contributed by atoms with Crippen molar-refractivity contribution in [2.45, 2.75) is 34.6 Å². The van der Waals surface area contributed by atoms with Crippen molar-refractivity contribution < 1.29 is 0 Å². The summed E-state index contributed by atoms with van der Waals surface area (Å²) < 4.78 is 0. The molecular formula is C29H30N2. The fourth-order valence-electron chi connectivity index (χ4n) is 3.86. The molecule has 2 aromatic heterocycles. The molecule has 2 heteroatoms. The van der Waals surface area contributed by atoms with Gasteiger partial charge >= 0.3 is 0 Å². The SMILES string of the molecule is CC.CC.Cc1cc2c(-c3ccccc3)ccnc2c2nccc(-c3ccccc3)c12. The van der Waals surface area contributed by atoms with E-state index in [0.29, 0.717) is 0 Å². The van der Waals surface area contributed by atoms with E-state index in [0.717, 1.165) is 16.4 Å². The van der Waals surface area contributed by atoms with Crippen LogP contribution in [-0.2, 0) is 0 Å². The number of aromatic nitrogens is 2. The van der Waals surface area contributed by atoms with E-state index in [1.165, 1.54) is 33.2 Å². The van der Waals surface area contributed by atoms with Crippen molar-refractivity contribution in [3.8, 4) is 22.3 Å². The average Bonchev–Trinajstić information content (AvgIpc) is 2.87. The van der Waals surface area contributed by atoms with Crippen LogP contribution in [0.1, 0.15) is 33.3 Å². The van der Waals surface area contributed by atoms with E-state index in [-0.39, 0.29) is 0 Å². The van der Waals surface area contributed by atoms with Gasteiger partial charge in [0.05, 0.1) is 11.0 Å². The van der Waals surface area contributed by atoms with Crippen LogP contribution in [0.5, 0.6) is 0 Å². The maximum atomic E-state index is 4.73. The Kier molecular flexibility index (Phi) is 7.50.